The third kappa shape index (κ3) is 11.0. The highest BCUT2D eigenvalue weighted by molar-refractivity contribution is 5.87. The molecule has 0 atom stereocenters. The fourth-order valence-corrected chi connectivity index (χ4v) is 3.73. The van der Waals surface area contributed by atoms with E-state index in [0.29, 0.717) is 49.9 Å². The summed E-state index contributed by atoms with van der Waals surface area (Å²) in [5.41, 5.74) is 2.15. The highest BCUT2D eigenvalue weighted by atomic mass is 16.5. The maximum absolute atomic E-state index is 11.7. The molecule has 202 valence electrons. The molecule has 0 bridgehead atoms. The summed E-state index contributed by atoms with van der Waals surface area (Å²) in [6.07, 6.45) is 5.73. The normalized spacial score (nSPS) is 11.1. The van der Waals surface area contributed by atoms with Crippen molar-refractivity contribution in [2.24, 2.45) is 5.41 Å². The lowest BCUT2D eigenvalue weighted by Crippen LogP contribution is -2.32. The van der Waals surface area contributed by atoms with Crippen molar-refractivity contribution in [2.75, 3.05) is 33.0 Å². The fourth-order valence-electron chi connectivity index (χ4n) is 3.73. The summed E-state index contributed by atoms with van der Waals surface area (Å²) in [5, 5.41) is 19.9. The van der Waals surface area contributed by atoms with Crippen molar-refractivity contribution in [3.05, 3.63) is 53.6 Å². The molecule has 0 heterocycles. The molecule has 0 saturated heterocycles. The van der Waals surface area contributed by atoms with Crippen LogP contribution in [0.2, 0.25) is 0 Å². The van der Waals surface area contributed by atoms with E-state index in [1.165, 1.54) is 0 Å². The van der Waals surface area contributed by atoms with Crippen LogP contribution in [-0.4, -0.2) is 55.2 Å². The van der Waals surface area contributed by atoms with Crippen molar-refractivity contribution in [1.82, 2.24) is 0 Å². The second-order valence-corrected chi connectivity index (χ2v) is 9.46. The van der Waals surface area contributed by atoms with Gasteiger partial charge in [0.1, 0.15) is 5.75 Å². The summed E-state index contributed by atoms with van der Waals surface area (Å²) in [4.78, 5) is 23.3. The van der Waals surface area contributed by atoms with Gasteiger partial charge in [0.25, 0.3) is 0 Å². The molecular weight excluding hydrogens is 460 g/mol. The molecular formula is C29H44O7. The van der Waals surface area contributed by atoms with E-state index in [9.17, 15) is 19.8 Å². The van der Waals surface area contributed by atoms with E-state index < -0.39 is 17.4 Å². The number of para-hydroxylation sites is 1. The first-order chi connectivity index (χ1) is 17.2. The van der Waals surface area contributed by atoms with Gasteiger partial charge in [-0.05, 0) is 63.5 Å². The number of benzene rings is 1. The van der Waals surface area contributed by atoms with Crippen LogP contribution in [0.15, 0.2) is 42.5 Å². The Hall–Kier alpha value is -2.64. The van der Waals surface area contributed by atoms with Gasteiger partial charge in [0.2, 0.25) is 0 Å². The van der Waals surface area contributed by atoms with Crippen LogP contribution in [0.3, 0.4) is 0 Å². The van der Waals surface area contributed by atoms with Gasteiger partial charge in [-0.3, -0.25) is 0 Å². The van der Waals surface area contributed by atoms with Crippen LogP contribution in [0.1, 0.15) is 70.4 Å². The fraction of sp³-hybridized carbons (Fsp3) is 0.586. The summed E-state index contributed by atoms with van der Waals surface area (Å²) >= 11 is 0. The summed E-state index contributed by atoms with van der Waals surface area (Å²) in [6, 6.07) is 5.94. The number of carbonyl (C=O) groups excluding carboxylic acids is 2. The average molecular weight is 505 g/mol. The molecule has 0 radical (unpaired) electrons. The number of rotatable bonds is 19. The van der Waals surface area contributed by atoms with E-state index in [4.69, 9.17) is 14.2 Å². The number of esters is 2. The zero-order valence-corrected chi connectivity index (χ0v) is 22.3. The maximum Gasteiger partial charge on any atom is 0.333 e. The first-order valence-electron chi connectivity index (χ1n) is 12.8. The number of carbonyl (C=O) groups is 2. The van der Waals surface area contributed by atoms with Crippen molar-refractivity contribution in [3.8, 4) is 5.75 Å². The largest absolute Gasteiger partial charge is 0.493 e. The van der Waals surface area contributed by atoms with Gasteiger partial charge < -0.3 is 24.4 Å². The molecule has 7 nitrogen and oxygen atoms in total. The Kier molecular flexibility index (Phi) is 14.8. The van der Waals surface area contributed by atoms with Crippen LogP contribution in [0.5, 0.6) is 5.75 Å². The third-order valence-corrected chi connectivity index (χ3v) is 6.13. The highest BCUT2D eigenvalue weighted by Crippen LogP contribution is 2.31. The molecule has 0 amide bonds. The molecule has 0 aromatic heterocycles. The Bertz CT molecular complexity index is 803. The standard InChI is InChI=1S/C29H44O7/c1-6-7-15-29(20-30,21-31)16-19-34-26-24(13-9-17-35-27(32)22(2)3)11-8-12-25(26)14-10-18-36-28(33)23(4)5/h8,11-12,30-31H,2,4,6-7,9-10,13-21H2,1,3,5H3. The molecule has 0 saturated carbocycles. The van der Waals surface area contributed by atoms with Gasteiger partial charge in [0.05, 0.1) is 33.0 Å². The summed E-state index contributed by atoms with van der Waals surface area (Å²) < 4.78 is 16.7. The predicted octanol–water partition coefficient (Wildman–Crippen LogP) is 4.72. The Morgan fingerprint density at radius 3 is 1.75 bits per heavy atom. The molecule has 0 fully saturated rings. The molecule has 0 aliphatic rings. The van der Waals surface area contributed by atoms with Crippen molar-refractivity contribution in [3.63, 3.8) is 0 Å². The monoisotopic (exact) mass is 504 g/mol. The minimum atomic E-state index is -0.571. The van der Waals surface area contributed by atoms with Crippen LogP contribution in [0.25, 0.3) is 0 Å². The smallest absolute Gasteiger partial charge is 0.333 e. The summed E-state index contributed by atoms with van der Waals surface area (Å²) in [6.45, 7) is 13.2. The van der Waals surface area contributed by atoms with E-state index in [0.717, 1.165) is 36.1 Å². The lowest BCUT2D eigenvalue weighted by atomic mass is 9.81. The molecule has 36 heavy (non-hydrogen) atoms. The Morgan fingerprint density at radius 1 is 0.833 bits per heavy atom. The molecule has 1 rings (SSSR count). The van der Waals surface area contributed by atoms with Gasteiger partial charge in [0, 0.05) is 16.6 Å². The second-order valence-electron chi connectivity index (χ2n) is 9.46. The van der Waals surface area contributed by atoms with E-state index in [1.54, 1.807) is 13.8 Å². The minimum absolute atomic E-state index is 0.0937. The maximum atomic E-state index is 11.7. The number of ether oxygens (including phenoxy) is 3. The number of hydrogen-bond acceptors (Lipinski definition) is 7. The zero-order chi connectivity index (χ0) is 27.0. The summed E-state index contributed by atoms with van der Waals surface area (Å²) in [7, 11) is 0. The van der Waals surface area contributed by atoms with Crippen LogP contribution in [-0.2, 0) is 31.9 Å². The number of hydrogen-bond donors (Lipinski definition) is 2. The van der Waals surface area contributed by atoms with Gasteiger partial charge in [-0.15, -0.1) is 0 Å². The van der Waals surface area contributed by atoms with E-state index in [2.05, 4.69) is 20.1 Å². The molecule has 0 unspecified atom stereocenters. The molecule has 1 aromatic carbocycles. The Morgan fingerprint density at radius 2 is 1.33 bits per heavy atom. The Balaban J connectivity index is 2.91. The molecule has 1 aromatic rings. The molecule has 7 heteroatoms. The summed E-state index contributed by atoms with van der Waals surface area (Å²) in [5.74, 6) is -0.0443. The number of aliphatic hydroxyl groups excluding tert-OH is 2. The molecule has 0 spiro atoms. The van der Waals surface area contributed by atoms with Crippen LogP contribution >= 0.6 is 0 Å². The lowest BCUT2D eigenvalue weighted by molar-refractivity contribution is -0.139. The number of aliphatic hydroxyl groups is 2. The van der Waals surface area contributed by atoms with Gasteiger partial charge in [-0.1, -0.05) is 51.1 Å². The molecule has 0 aliphatic heterocycles. The number of aryl methyl sites for hydroxylation is 2. The van der Waals surface area contributed by atoms with E-state index in [1.807, 2.05) is 18.2 Å². The van der Waals surface area contributed by atoms with Crippen molar-refractivity contribution < 1.29 is 34.0 Å². The van der Waals surface area contributed by atoms with Crippen LogP contribution in [0.4, 0.5) is 0 Å². The second kappa shape index (κ2) is 16.9. The van der Waals surface area contributed by atoms with Gasteiger partial charge in [-0.25, -0.2) is 9.59 Å². The van der Waals surface area contributed by atoms with Gasteiger partial charge in [-0.2, -0.15) is 0 Å². The first-order valence-corrected chi connectivity index (χ1v) is 12.8. The first kappa shape index (κ1) is 31.4. The van der Waals surface area contributed by atoms with Crippen LogP contribution < -0.4 is 4.74 Å². The van der Waals surface area contributed by atoms with Crippen molar-refractivity contribution in [1.29, 1.82) is 0 Å². The number of unbranched alkanes of at least 4 members (excludes halogenated alkanes) is 1. The Labute approximate surface area is 216 Å². The third-order valence-electron chi connectivity index (χ3n) is 6.13. The van der Waals surface area contributed by atoms with E-state index in [-0.39, 0.29) is 26.4 Å². The minimum Gasteiger partial charge on any atom is -0.493 e. The predicted molar refractivity (Wildman–Crippen MR) is 141 cm³/mol. The molecule has 0 aliphatic carbocycles. The van der Waals surface area contributed by atoms with Crippen molar-refractivity contribution >= 4 is 11.9 Å². The van der Waals surface area contributed by atoms with Gasteiger partial charge in [0.15, 0.2) is 0 Å². The quantitative estimate of drug-likeness (QED) is 0.160. The lowest BCUT2D eigenvalue weighted by Gasteiger charge is -2.30. The van der Waals surface area contributed by atoms with Crippen LogP contribution in [0, 0.1) is 5.41 Å². The SMILES string of the molecule is C=C(C)C(=O)OCCCc1cccc(CCCOC(=O)C(=C)C)c1OCCC(CO)(CO)CCCC. The van der Waals surface area contributed by atoms with Crippen molar-refractivity contribution in [2.45, 2.75) is 72.1 Å². The molecule has 2 N–H and O–H groups in total. The van der Waals surface area contributed by atoms with Gasteiger partial charge >= 0.3 is 11.9 Å². The van der Waals surface area contributed by atoms with E-state index >= 15 is 0 Å². The highest BCUT2D eigenvalue weighted by Gasteiger charge is 2.28. The zero-order valence-electron chi connectivity index (χ0n) is 22.3. The topological polar surface area (TPSA) is 102 Å². The average Bonchev–Trinajstić information content (AvgIpc) is 2.87.